The lowest BCUT2D eigenvalue weighted by atomic mass is 9.96. The third-order valence-corrected chi connectivity index (χ3v) is 4.86. The summed E-state index contributed by atoms with van der Waals surface area (Å²) in [5.74, 6) is -0.454. The van der Waals surface area contributed by atoms with Crippen molar-refractivity contribution < 1.29 is 19.1 Å². The molecule has 0 unspecified atom stereocenters. The molecule has 1 saturated heterocycles. The number of hydrogen-bond donors (Lipinski definition) is 0. The van der Waals surface area contributed by atoms with Crippen LogP contribution >= 0.6 is 0 Å². The van der Waals surface area contributed by atoms with Gasteiger partial charge in [0.05, 0.1) is 11.7 Å². The van der Waals surface area contributed by atoms with E-state index in [2.05, 4.69) is 4.98 Å². The highest BCUT2D eigenvalue weighted by Crippen LogP contribution is 2.35. The number of carbonyl (C=O) groups excluding carboxylic acids is 2. The maximum Gasteiger partial charge on any atom is 0.415 e. The molecule has 0 radical (unpaired) electrons. The summed E-state index contributed by atoms with van der Waals surface area (Å²) in [5, 5.41) is 0. The summed E-state index contributed by atoms with van der Waals surface area (Å²) in [6, 6.07) is 12.9. The van der Waals surface area contributed by atoms with E-state index in [4.69, 9.17) is 9.47 Å². The van der Waals surface area contributed by atoms with Gasteiger partial charge in [0.2, 0.25) is 0 Å². The number of nitrogens with zero attached hydrogens (tertiary/aromatic N) is 2. The van der Waals surface area contributed by atoms with E-state index < -0.39 is 12.1 Å². The lowest BCUT2D eigenvalue weighted by molar-refractivity contribution is -0.146. The fraction of sp³-hybridized carbons (Fsp3) is 0.286. The lowest BCUT2D eigenvalue weighted by Crippen LogP contribution is -2.28. The molecular weight excluding hydrogens is 344 g/mol. The number of ether oxygens (including phenoxy) is 2. The number of aromatic nitrogens is 1. The zero-order valence-corrected chi connectivity index (χ0v) is 14.8. The van der Waals surface area contributed by atoms with Crippen LogP contribution in [0.1, 0.15) is 36.4 Å². The molecule has 1 aliphatic carbocycles. The first-order chi connectivity index (χ1) is 13.2. The SMILES string of the molecule is O=C(C=C(c1cccnc1)N1C(=O)OC[C@H]1c1ccccc1)OC1CCC1. The van der Waals surface area contributed by atoms with Crippen LogP contribution in [0.4, 0.5) is 4.79 Å². The molecule has 2 aliphatic rings. The van der Waals surface area contributed by atoms with E-state index in [1.165, 1.54) is 11.0 Å². The Balaban J connectivity index is 1.70. The van der Waals surface area contributed by atoms with Gasteiger partial charge in [-0.15, -0.1) is 0 Å². The Morgan fingerprint density at radius 1 is 1.19 bits per heavy atom. The van der Waals surface area contributed by atoms with Crippen LogP contribution in [0, 0.1) is 0 Å². The summed E-state index contributed by atoms with van der Waals surface area (Å²) < 4.78 is 10.8. The Bertz CT molecular complexity index is 847. The zero-order valence-electron chi connectivity index (χ0n) is 14.8. The number of amides is 1. The topological polar surface area (TPSA) is 68.7 Å². The van der Waals surface area contributed by atoms with Gasteiger partial charge in [0.1, 0.15) is 12.7 Å². The summed E-state index contributed by atoms with van der Waals surface area (Å²) in [5.41, 5.74) is 2.03. The van der Waals surface area contributed by atoms with E-state index in [0.717, 1.165) is 24.8 Å². The molecule has 1 atom stereocenters. The van der Waals surface area contributed by atoms with Crippen molar-refractivity contribution in [1.29, 1.82) is 0 Å². The Kier molecular flexibility index (Phi) is 4.87. The largest absolute Gasteiger partial charge is 0.459 e. The average molecular weight is 364 g/mol. The van der Waals surface area contributed by atoms with Gasteiger partial charge in [0.25, 0.3) is 0 Å². The Morgan fingerprint density at radius 3 is 2.67 bits per heavy atom. The molecule has 0 spiro atoms. The molecule has 6 nitrogen and oxygen atoms in total. The maximum atomic E-state index is 12.5. The number of cyclic esters (lactones) is 1. The van der Waals surface area contributed by atoms with Crippen molar-refractivity contribution in [3.05, 3.63) is 72.1 Å². The molecule has 1 aromatic heterocycles. The van der Waals surface area contributed by atoms with Gasteiger partial charge in [0.15, 0.2) is 0 Å². The highest BCUT2D eigenvalue weighted by Gasteiger charge is 2.37. The summed E-state index contributed by atoms with van der Waals surface area (Å²) in [6.45, 7) is 0.220. The third kappa shape index (κ3) is 3.69. The van der Waals surface area contributed by atoms with Crippen molar-refractivity contribution in [2.45, 2.75) is 31.4 Å². The second-order valence-corrected chi connectivity index (χ2v) is 6.63. The zero-order chi connectivity index (χ0) is 18.6. The second kappa shape index (κ2) is 7.61. The molecule has 1 amide bonds. The number of rotatable bonds is 5. The monoisotopic (exact) mass is 364 g/mol. The van der Waals surface area contributed by atoms with Crippen molar-refractivity contribution in [3.63, 3.8) is 0 Å². The van der Waals surface area contributed by atoms with Gasteiger partial charge in [-0.25, -0.2) is 9.59 Å². The van der Waals surface area contributed by atoms with E-state index >= 15 is 0 Å². The molecule has 2 fully saturated rings. The number of carbonyl (C=O) groups is 2. The molecule has 6 heteroatoms. The van der Waals surface area contributed by atoms with Crippen LogP contribution in [0.25, 0.3) is 5.70 Å². The van der Waals surface area contributed by atoms with Gasteiger partial charge in [0, 0.05) is 24.0 Å². The van der Waals surface area contributed by atoms with Gasteiger partial charge in [-0.1, -0.05) is 30.3 Å². The Labute approximate surface area is 157 Å². The third-order valence-electron chi connectivity index (χ3n) is 4.86. The highest BCUT2D eigenvalue weighted by molar-refractivity contribution is 5.95. The Morgan fingerprint density at radius 2 is 2.00 bits per heavy atom. The van der Waals surface area contributed by atoms with Gasteiger partial charge in [-0.3, -0.25) is 9.88 Å². The van der Waals surface area contributed by atoms with Gasteiger partial charge < -0.3 is 9.47 Å². The number of benzene rings is 1. The maximum absolute atomic E-state index is 12.5. The number of pyridine rings is 1. The molecule has 0 bridgehead atoms. The fourth-order valence-electron chi connectivity index (χ4n) is 3.21. The van der Waals surface area contributed by atoms with Crippen LogP contribution in [-0.2, 0) is 14.3 Å². The van der Waals surface area contributed by atoms with Gasteiger partial charge in [-0.2, -0.15) is 0 Å². The van der Waals surface area contributed by atoms with Crippen molar-refractivity contribution in [2.24, 2.45) is 0 Å². The van der Waals surface area contributed by atoms with E-state index in [-0.39, 0.29) is 18.8 Å². The first kappa shape index (κ1) is 17.3. The minimum Gasteiger partial charge on any atom is -0.459 e. The fourth-order valence-corrected chi connectivity index (χ4v) is 3.21. The molecule has 27 heavy (non-hydrogen) atoms. The molecular formula is C21H20N2O4. The van der Waals surface area contributed by atoms with Crippen molar-refractivity contribution in [3.8, 4) is 0 Å². The first-order valence-electron chi connectivity index (χ1n) is 9.06. The number of hydrogen-bond acceptors (Lipinski definition) is 5. The minimum atomic E-state index is -0.490. The van der Waals surface area contributed by atoms with E-state index in [9.17, 15) is 9.59 Å². The standard InChI is InChI=1S/C21H20N2O4/c24-20(27-17-9-4-10-17)12-18(16-8-5-11-22-13-16)23-19(14-26-21(23)25)15-6-2-1-3-7-15/h1-3,5-8,11-13,17,19H,4,9-10,14H2/t19-/m0/s1. The van der Waals surface area contributed by atoms with Crippen LogP contribution in [-0.4, -0.2) is 34.7 Å². The van der Waals surface area contributed by atoms with E-state index in [1.54, 1.807) is 18.5 Å². The van der Waals surface area contributed by atoms with Crippen LogP contribution in [0.2, 0.25) is 0 Å². The van der Waals surface area contributed by atoms with E-state index in [1.807, 2.05) is 36.4 Å². The summed E-state index contributed by atoms with van der Waals surface area (Å²) >= 11 is 0. The Hall–Kier alpha value is -3.15. The quantitative estimate of drug-likeness (QED) is 0.597. The smallest absolute Gasteiger partial charge is 0.415 e. The van der Waals surface area contributed by atoms with Gasteiger partial charge in [-0.05, 0) is 37.0 Å². The predicted molar refractivity (Wildman–Crippen MR) is 98.3 cm³/mol. The average Bonchev–Trinajstić information content (AvgIpc) is 3.05. The van der Waals surface area contributed by atoms with Gasteiger partial charge >= 0.3 is 12.1 Å². The van der Waals surface area contributed by atoms with Crippen LogP contribution < -0.4 is 0 Å². The molecule has 4 rings (SSSR count). The first-order valence-corrected chi connectivity index (χ1v) is 9.06. The van der Waals surface area contributed by atoms with Crippen molar-refractivity contribution >= 4 is 17.8 Å². The molecule has 2 heterocycles. The molecule has 1 aromatic carbocycles. The van der Waals surface area contributed by atoms with Crippen LogP contribution in [0.3, 0.4) is 0 Å². The molecule has 0 N–H and O–H groups in total. The number of esters is 1. The van der Waals surface area contributed by atoms with E-state index in [0.29, 0.717) is 11.3 Å². The van der Waals surface area contributed by atoms with Crippen molar-refractivity contribution in [2.75, 3.05) is 6.61 Å². The van der Waals surface area contributed by atoms with Crippen LogP contribution in [0.15, 0.2) is 60.9 Å². The summed E-state index contributed by atoms with van der Waals surface area (Å²) in [7, 11) is 0. The minimum absolute atomic E-state index is 0.0284. The molecule has 2 aromatic rings. The predicted octanol–water partition coefficient (Wildman–Crippen LogP) is 3.71. The van der Waals surface area contributed by atoms with Crippen LogP contribution in [0.5, 0.6) is 0 Å². The lowest BCUT2D eigenvalue weighted by Gasteiger charge is -2.26. The molecule has 138 valence electrons. The second-order valence-electron chi connectivity index (χ2n) is 6.63. The summed E-state index contributed by atoms with van der Waals surface area (Å²) in [6.07, 6.45) is 6.97. The van der Waals surface area contributed by atoms with Crippen molar-refractivity contribution in [1.82, 2.24) is 9.88 Å². The molecule has 1 saturated carbocycles. The summed E-state index contributed by atoms with van der Waals surface area (Å²) in [4.78, 5) is 30.6. The normalized spacial score (nSPS) is 20.1. The molecule has 1 aliphatic heterocycles. The highest BCUT2D eigenvalue weighted by atomic mass is 16.6.